The fourth-order valence-corrected chi connectivity index (χ4v) is 1.85. The lowest BCUT2D eigenvalue weighted by atomic mass is 9.99. The third-order valence-electron chi connectivity index (χ3n) is 2.88. The smallest absolute Gasteiger partial charge is 0.238 e. The van der Waals surface area contributed by atoms with Crippen molar-refractivity contribution in [2.24, 2.45) is 5.73 Å². The molecule has 5 heteroatoms. The van der Waals surface area contributed by atoms with Gasteiger partial charge in [-0.05, 0) is 34.7 Å². The summed E-state index contributed by atoms with van der Waals surface area (Å²) in [6.45, 7) is 9.09. The molecule has 102 valence electrons. The Kier molecular flexibility index (Phi) is 6.67. The van der Waals surface area contributed by atoms with E-state index in [0.29, 0.717) is 13.2 Å². The van der Waals surface area contributed by atoms with Crippen molar-refractivity contribution in [3.63, 3.8) is 0 Å². The number of primary amides is 1. The molecular formula is C12H27N3O2. The molecule has 0 aromatic heterocycles. The monoisotopic (exact) mass is 245 g/mol. The molecule has 0 spiro atoms. The molecule has 0 bridgehead atoms. The first-order chi connectivity index (χ1) is 7.73. The number of nitrogens with zero attached hydrogens (tertiary/aromatic N) is 1. The van der Waals surface area contributed by atoms with Crippen LogP contribution in [0.2, 0.25) is 0 Å². The first-order valence-corrected chi connectivity index (χ1v) is 5.99. The Morgan fingerprint density at radius 3 is 2.35 bits per heavy atom. The first kappa shape index (κ1) is 16.4. The van der Waals surface area contributed by atoms with Crippen molar-refractivity contribution in [2.45, 2.75) is 45.3 Å². The Bertz CT molecular complexity index is 246. The quantitative estimate of drug-likeness (QED) is 0.641. The van der Waals surface area contributed by atoms with E-state index < -0.39 is 5.54 Å². The minimum absolute atomic E-state index is 0.207. The molecule has 1 amide bonds. The third-order valence-corrected chi connectivity index (χ3v) is 2.88. The maximum Gasteiger partial charge on any atom is 0.238 e. The lowest BCUT2D eigenvalue weighted by molar-refractivity contribution is -0.125. The van der Waals surface area contributed by atoms with E-state index in [0.717, 1.165) is 0 Å². The van der Waals surface area contributed by atoms with Crippen LogP contribution in [0.5, 0.6) is 0 Å². The number of hydrogen-bond donors (Lipinski definition) is 2. The van der Waals surface area contributed by atoms with E-state index in [1.165, 1.54) is 0 Å². The highest BCUT2D eigenvalue weighted by Gasteiger charge is 2.33. The van der Waals surface area contributed by atoms with Crippen molar-refractivity contribution in [1.29, 1.82) is 0 Å². The Morgan fingerprint density at radius 1 is 1.47 bits per heavy atom. The molecule has 2 unspecified atom stereocenters. The lowest BCUT2D eigenvalue weighted by Crippen LogP contribution is -2.61. The number of rotatable bonds is 8. The van der Waals surface area contributed by atoms with Crippen LogP contribution in [0.25, 0.3) is 0 Å². The van der Waals surface area contributed by atoms with Gasteiger partial charge in [0.25, 0.3) is 0 Å². The van der Waals surface area contributed by atoms with Crippen LogP contribution in [0, 0.1) is 0 Å². The van der Waals surface area contributed by atoms with Crippen LogP contribution in [0.4, 0.5) is 0 Å². The Labute approximate surface area is 105 Å². The van der Waals surface area contributed by atoms with Crippen molar-refractivity contribution >= 4 is 5.91 Å². The van der Waals surface area contributed by atoms with Crippen LogP contribution in [-0.2, 0) is 9.53 Å². The fraction of sp³-hybridized carbons (Fsp3) is 0.917. The summed E-state index contributed by atoms with van der Waals surface area (Å²) in [5.41, 5.74) is 4.76. The molecular weight excluding hydrogens is 218 g/mol. The van der Waals surface area contributed by atoms with E-state index in [1.54, 1.807) is 7.11 Å². The van der Waals surface area contributed by atoms with Gasteiger partial charge in [-0.3, -0.25) is 9.69 Å². The minimum Gasteiger partial charge on any atom is -0.383 e. The maximum absolute atomic E-state index is 11.6. The van der Waals surface area contributed by atoms with Crippen molar-refractivity contribution in [3.05, 3.63) is 0 Å². The van der Waals surface area contributed by atoms with E-state index in [9.17, 15) is 4.79 Å². The zero-order valence-electron chi connectivity index (χ0n) is 11.9. The molecule has 17 heavy (non-hydrogen) atoms. The van der Waals surface area contributed by atoms with Gasteiger partial charge in [-0.1, -0.05) is 0 Å². The predicted octanol–water partition coefficient (Wildman–Crippen LogP) is 0.195. The molecule has 0 saturated heterocycles. The molecule has 0 heterocycles. The van der Waals surface area contributed by atoms with Gasteiger partial charge in [0, 0.05) is 25.7 Å². The number of amides is 1. The van der Waals surface area contributed by atoms with Crippen molar-refractivity contribution < 1.29 is 9.53 Å². The van der Waals surface area contributed by atoms with Crippen LogP contribution in [0.1, 0.15) is 27.7 Å². The van der Waals surface area contributed by atoms with E-state index in [-0.39, 0.29) is 18.0 Å². The number of methoxy groups -OCH3 is 1. The molecule has 3 N–H and O–H groups in total. The Morgan fingerprint density at radius 2 is 2.00 bits per heavy atom. The maximum atomic E-state index is 11.6. The number of carbonyl (C=O) groups is 1. The van der Waals surface area contributed by atoms with E-state index >= 15 is 0 Å². The number of nitrogens with one attached hydrogen (secondary N) is 1. The second-order valence-corrected chi connectivity index (χ2v) is 5.21. The van der Waals surface area contributed by atoms with Gasteiger partial charge in [-0.15, -0.1) is 0 Å². The summed E-state index contributed by atoms with van der Waals surface area (Å²) in [7, 11) is 3.64. The number of likely N-dealkylation sites (N-methyl/N-ethyl adjacent to an activating group) is 1. The van der Waals surface area contributed by atoms with E-state index in [4.69, 9.17) is 10.5 Å². The summed E-state index contributed by atoms with van der Waals surface area (Å²) < 4.78 is 5.10. The molecule has 0 saturated carbocycles. The van der Waals surface area contributed by atoms with Gasteiger partial charge in [0.1, 0.15) is 5.54 Å². The molecule has 0 aliphatic heterocycles. The molecule has 0 rings (SSSR count). The van der Waals surface area contributed by atoms with Crippen LogP contribution in [-0.4, -0.2) is 55.7 Å². The highest BCUT2D eigenvalue weighted by Crippen LogP contribution is 2.09. The molecule has 0 aliphatic rings. The molecule has 0 aliphatic carbocycles. The summed E-state index contributed by atoms with van der Waals surface area (Å²) in [4.78, 5) is 13.6. The number of ether oxygens (including phenoxy) is 1. The largest absolute Gasteiger partial charge is 0.383 e. The standard InChI is InChI=1S/C12H27N3O2/c1-9(2)14-12(4,11(13)16)8-15(5)10(3)7-17-6/h9-10,14H,7-8H2,1-6H3,(H2,13,16). The first-order valence-electron chi connectivity index (χ1n) is 5.99. The third kappa shape index (κ3) is 5.48. The number of hydrogen-bond acceptors (Lipinski definition) is 4. The van der Waals surface area contributed by atoms with E-state index in [1.807, 2.05) is 27.8 Å². The average Bonchev–Trinajstić information content (AvgIpc) is 2.16. The van der Waals surface area contributed by atoms with Gasteiger partial charge in [0.15, 0.2) is 0 Å². The van der Waals surface area contributed by atoms with Crippen LogP contribution >= 0.6 is 0 Å². The summed E-state index contributed by atoms with van der Waals surface area (Å²) in [6.07, 6.45) is 0. The SMILES string of the molecule is COCC(C)N(C)CC(C)(NC(C)C)C(N)=O. The predicted molar refractivity (Wildman–Crippen MR) is 69.8 cm³/mol. The lowest BCUT2D eigenvalue weighted by Gasteiger charge is -2.36. The van der Waals surface area contributed by atoms with Crippen LogP contribution in [0.15, 0.2) is 0 Å². The molecule has 0 aromatic rings. The van der Waals surface area contributed by atoms with Gasteiger partial charge < -0.3 is 15.8 Å². The minimum atomic E-state index is -0.717. The Balaban J connectivity index is 4.59. The van der Waals surface area contributed by atoms with Crippen LogP contribution in [0.3, 0.4) is 0 Å². The molecule has 0 radical (unpaired) electrons. The van der Waals surface area contributed by atoms with E-state index in [2.05, 4.69) is 17.1 Å². The van der Waals surface area contributed by atoms with Gasteiger partial charge in [-0.25, -0.2) is 0 Å². The molecule has 0 aromatic carbocycles. The molecule has 5 nitrogen and oxygen atoms in total. The topological polar surface area (TPSA) is 67.6 Å². The van der Waals surface area contributed by atoms with Crippen molar-refractivity contribution in [1.82, 2.24) is 10.2 Å². The van der Waals surface area contributed by atoms with Gasteiger partial charge in [0.2, 0.25) is 5.91 Å². The number of nitrogens with two attached hydrogens (primary N) is 1. The van der Waals surface area contributed by atoms with Gasteiger partial charge in [-0.2, -0.15) is 0 Å². The second-order valence-electron chi connectivity index (χ2n) is 5.21. The van der Waals surface area contributed by atoms with Crippen LogP contribution < -0.4 is 11.1 Å². The summed E-state index contributed by atoms with van der Waals surface area (Å²) in [5, 5.41) is 3.23. The average molecular weight is 245 g/mol. The highest BCUT2D eigenvalue weighted by atomic mass is 16.5. The summed E-state index contributed by atoms with van der Waals surface area (Å²) in [5.74, 6) is -0.331. The van der Waals surface area contributed by atoms with Crippen molar-refractivity contribution in [3.8, 4) is 0 Å². The fourth-order valence-electron chi connectivity index (χ4n) is 1.85. The Hall–Kier alpha value is -0.650. The zero-order valence-corrected chi connectivity index (χ0v) is 11.9. The highest BCUT2D eigenvalue weighted by molar-refractivity contribution is 5.84. The zero-order chi connectivity index (χ0) is 13.6. The summed E-state index contributed by atoms with van der Waals surface area (Å²) >= 11 is 0. The normalized spacial score (nSPS) is 17.2. The molecule has 2 atom stereocenters. The van der Waals surface area contributed by atoms with Crippen molar-refractivity contribution in [2.75, 3.05) is 27.3 Å². The van der Waals surface area contributed by atoms with Gasteiger partial charge in [0.05, 0.1) is 6.61 Å². The molecule has 0 fully saturated rings. The summed E-state index contributed by atoms with van der Waals surface area (Å²) in [6, 6.07) is 0.450. The second kappa shape index (κ2) is 6.93. The van der Waals surface area contributed by atoms with Gasteiger partial charge >= 0.3 is 0 Å². The number of carbonyl (C=O) groups excluding carboxylic acids is 1.